The van der Waals surface area contributed by atoms with Crippen molar-refractivity contribution in [1.29, 1.82) is 0 Å². The van der Waals surface area contributed by atoms with Crippen LogP contribution in [0.1, 0.15) is 16.2 Å². The normalized spacial score (nSPS) is 12.2. The van der Waals surface area contributed by atoms with E-state index in [4.69, 9.17) is 0 Å². The highest BCUT2D eigenvalue weighted by Crippen LogP contribution is 2.28. The largest absolute Gasteiger partial charge is 0.225 e. The summed E-state index contributed by atoms with van der Waals surface area (Å²) in [5, 5.41) is 17.3. The molecule has 0 spiro atoms. The first-order valence-corrected chi connectivity index (χ1v) is 9.52. The van der Waals surface area contributed by atoms with Gasteiger partial charge in [0.15, 0.2) is 5.82 Å². The van der Waals surface area contributed by atoms with E-state index in [1.54, 1.807) is 6.20 Å². The van der Waals surface area contributed by atoms with Crippen molar-refractivity contribution in [3.05, 3.63) is 81.9 Å². The van der Waals surface area contributed by atoms with Gasteiger partial charge < -0.3 is 0 Å². The third kappa shape index (κ3) is 3.23. The number of hydrogen-bond donors (Lipinski definition) is 0. The summed E-state index contributed by atoms with van der Waals surface area (Å²) in [7, 11) is 0. The predicted molar refractivity (Wildman–Crippen MR) is 106 cm³/mol. The van der Waals surface area contributed by atoms with Gasteiger partial charge >= 0.3 is 0 Å². The van der Waals surface area contributed by atoms with E-state index < -0.39 is 0 Å². The van der Waals surface area contributed by atoms with Crippen LogP contribution in [-0.2, 0) is 0 Å². The average molecular weight is 507 g/mol. The van der Waals surface area contributed by atoms with Gasteiger partial charge in [0.1, 0.15) is 14.2 Å². The summed E-state index contributed by atoms with van der Waals surface area (Å²) in [5.41, 5.74) is 2.86. The summed E-state index contributed by atoms with van der Waals surface area (Å²) < 4.78 is 2.76. The summed E-state index contributed by atoms with van der Waals surface area (Å²) in [5.74, 6) is 0.606. The molecule has 0 fully saturated rings. The highest BCUT2D eigenvalue weighted by atomic mass is 127. The summed E-state index contributed by atoms with van der Waals surface area (Å²) in [6.07, 6.45) is 1.74. The standard InChI is InChI=1S/C17H12BrIN6/c18-15(12-7-3-1-4-8-12)17-21-23-25(22-17)14-11-20-24(16(14)19)13-9-5-2-6-10-13/h1-11,15H. The van der Waals surface area contributed by atoms with Crippen LogP contribution in [0.3, 0.4) is 0 Å². The van der Waals surface area contributed by atoms with Crippen molar-refractivity contribution in [2.24, 2.45) is 0 Å². The van der Waals surface area contributed by atoms with E-state index in [0.29, 0.717) is 5.82 Å². The minimum absolute atomic E-state index is 0.107. The number of nitrogens with zero attached hydrogens (tertiary/aromatic N) is 6. The van der Waals surface area contributed by atoms with Crippen LogP contribution in [0, 0.1) is 3.70 Å². The summed E-state index contributed by atoms with van der Waals surface area (Å²) >= 11 is 5.88. The van der Waals surface area contributed by atoms with E-state index in [1.165, 1.54) is 4.80 Å². The summed E-state index contributed by atoms with van der Waals surface area (Å²) in [4.78, 5) is 1.41. The molecule has 124 valence electrons. The molecule has 4 rings (SSSR count). The molecule has 2 aromatic carbocycles. The van der Waals surface area contributed by atoms with Gasteiger partial charge in [-0.3, -0.25) is 0 Å². The van der Waals surface area contributed by atoms with E-state index in [2.05, 4.69) is 59.0 Å². The first-order valence-electron chi connectivity index (χ1n) is 7.52. The zero-order valence-electron chi connectivity index (χ0n) is 12.9. The monoisotopic (exact) mass is 506 g/mol. The topological polar surface area (TPSA) is 61.4 Å². The molecule has 2 aromatic heterocycles. The van der Waals surface area contributed by atoms with Crippen LogP contribution in [0.15, 0.2) is 66.9 Å². The maximum absolute atomic E-state index is 4.51. The molecular formula is C17H12BrIN6. The lowest BCUT2D eigenvalue weighted by molar-refractivity contribution is 0.713. The third-order valence-electron chi connectivity index (χ3n) is 3.66. The van der Waals surface area contributed by atoms with E-state index in [1.807, 2.05) is 65.3 Å². The zero-order chi connectivity index (χ0) is 17.2. The number of hydrogen-bond acceptors (Lipinski definition) is 4. The Balaban J connectivity index is 1.66. The molecule has 0 saturated heterocycles. The number of benzene rings is 2. The van der Waals surface area contributed by atoms with Crippen molar-refractivity contribution in [3.8, 4) is 11.4 Å². The second kappa shape index (κ2) is 7.04. The third-order valence-corrected chi connectivity index (χ3v) is 5.60. The molecule has 0 radical (unpaired) electrons. The molecule has 4 aromatic rings. The van der Waals surface area contributed by atoms with Crippen molar-refractivity contribution in [2.45, 2.75) is 4.83 Å². The van der Waals surface area contributed by atoms with E-state index in [-0.39, 0.29) is 4.83 Å². The Morgan fingerprint density at radius 1 is 0.960 bits per heavy atom. The number of halogens is 2. The highest BCUT2D eigenvalue weighted by molar-refractivity contribution is 14.1. The minimum Gasteiger partial charge on any atom is -0.225 e. The lowest BCUT2D eigenvalue weighted by Crippen LogP contribution is -2.04. The van der Waals surface area contributed by atoms with Crippen LogP contribution in [-0.4, -0.2) is 30.0 Å². The van der Waals surface area contributed by atoms with Crippen molar-refractivity contribution in [2.75, 3.05) is 0 Å². The smallest absolute Gasteiger partial charge is 0.193 e. The van der Waals surface area contributed by atoms with Crippen molar-refractivity contribution >= 4 is 38.5 Å². The molecule has 0 saturated carbocycles. The molecule has 0 N–H and O–H groups in total. The van der Waals surface area contributed by atoms with Crippen LogP contribution >= 0.6 is 38.5 Å². The molecule has 2 heterocycles. The summed E-state index contributed by atoms with van der Waals surface area (Å²) in [6, 6.07) is 19.9. The quantitative estimate of drug-likeness (QED) is 0.311. The number of tetrazole rings is 1. The van der Waals surface area contributed by atoms with Crippen LogP contribution in [0.5, 0.6) is 0 Å². The fourth-order valence-electron chi connectivity index (χ4n) is 2.41. The lowest BCUT2D eigenvalue weighted by Gasteiger charge is -2.04. The van der Waals surface area contributed by atoms with Crippen LogP contribution in [0.2, 0.25) is 0 Å². The average Bonchev–Trinajstić information content (AvgIpc) is 3.29. The van der Waals surface area contributed by atoms with E-state index >= 15 is 0 Å². The van der Waals surface area contributed by atoms with Gasteiger partial charge in [-0.25, -0.2) is 4.68 Å². The van der Waals surface area contributed by atoms with Gasteiger partial charge in [-0.2, -0.15) is 5.10 Å². The second-order valence-electron chi connectivity index (χ2n) is 5.28. The first kappa shape index (κ1) is 16.4. The Bertz CT molecular complexity index is 983. The Kier molecular flexibility index (Phi) is 4.62. The minimum atomic E-state index is -0.107. The van der Waals surface area contributed by atoms with E-state index in [0.717, 1.165) is 20.6 Å². The van der Waals surface area contributed by atoms with Gasteiger partial charge in [0.25, 0.3) is 0 Å². The number of aromatic nitrogens is 6. The molecular weight excluding hydrogens is 495 g/mol. The fraction of sp³-hybridized carbons (Fsp3) is 0.0588. The van der Waals surface area contributed by atoms with Crippen molar-refractivity contribution in [3.63, 3.8) is 0 Å². The van der Waals surface area contributed by atoms with Gasteiger partial charge in [-0.1, -0.05) is 64.5 Å². The van der Waals surface area contributed by atoms with Gasteiger partial charge in [-0.05, 0) is 45.5 Å². The maximum atomic E-state index is 4.51. The van der Waals surface area contributed by atoms with Crippen LogP contribution in [0.4, 0.5) is 0 Å². The van der Waals surface area contributed by atoms with Gasteiger partial charge in [0, 0.05) is 0 Å². The summed E-state index contributed by atoms with van der Waals surface area (Å²) in [6.45, 7) is 0. The second-order valence-corrected chi connectivity index (χ2v) is 7.22. The fourth-order valence-corrected chi connectivity index (χ4v) is 3.65. The van der Waals surface area contributed by atoms with E-state index in [9.17, 15) is 0 Å². The SMILES string of the molecule is BrC(c1ccccc1)c1nnn(-c2cnn(-c3ccccc3)c2I)n1. The molecule has 1 unspecified atom stereocenters. The Morgan fingerprint density at radius 3 is 2.36 bits per heavy atom. The zero-order valence-corrected chi connectivity index (χ0v) is 16.6. The Labute approximate surface area is 166 Å². The van der Waals surface area contributed by atoms with Gasteiger partial charge in [0.2, 0.25) is 0 Å². The molecule has 0 amide bonds. The number of para-hydroxylation sites is 1. The van der Waals surface area contributed by atoms with Crippen LogP contribution in [0.25, 0.3) is 11.4 Å². The molecule has 8 heteroatoms. The van der Waals surface area contributed by atoms with Crippen molar-refractivity contribution < 1.29 is 0 Å². The molecule has 0 aliphatic heterocycles. The highest BCUT2D eigenvalue weighted by Gasteiger charge is 2.19. The molecule has 0 bridgehead atoms. The van der Waals surface area contributed by atoms with Gasteiger partial charge in [0.05, 0.1) is 11.9 Å². The van der Waals surface area contributed by atoms with Crippen molar-refractivity contribution in [1.82, 2.24) is 30.0 Å². The molecule has 25 heavy (non-hydrogen) atoms. The van der Waals surface area contributed by atoms with Gasteiger partial charge in [-0.15, -0.1) is 15.0 Å². The molecule has 6 nitrogen and oxygen atoms in total. The number of rotatable bonds is 4. The lowest BCUT2D eigenvalue weighted by atomic mass is 10.1. The molecule has 1 atom stereocenters. The maximum Gasteiger partial charge on any atom is 0.193 e. The Hall–Kier alpha value is -2.07. The Morgan fingerprint density at radius 2 is 1.64 bits per heavy atom. The van der Waals surface area contributed by atoms with Crippen LogP contribution < -0.4 is 0 Å². The first-order chi connectivity index (χ1) is 12.2. The number of alkyl halides is 1. The predicted octanol–water partition coefficient (Wildman–Crippen LogP) is 3.94. The molecule has 0 aliphatic rings. The molecule has 0 aliphatic carbocycles.